The van der Waals surface area contributed by atoms with E-state index < -0.39 is 0 Å². The molecule has 0 aliphatic carbocycles. The van der Waals surface area contributed by atoms with Gasteiger partial charge in [-0.3, -0.25) is 0 Å². The first-order valence-corrected chi connectivity index (χ1v) is 5.59. The van der Waals surface area contributed by atoms with E-state index in [1.165, 1.54) is 24.0 Å². The van der Waals surface area contributed by atoms with Crippen LogP contribution in [0.1, 0.15) is 37.8 Å². The van der Waals surface area contributed by atoms with Gasteiger partial charge in [0.05, 0.1) is 0 Å². The van der Waals surface area contributed by atoms with Gasteiger partial charge in [0, 0.05) is 6.04 Å². The molecule has 0 aromatic heterocycles. The molecule has 1 aromatic rings. The Balaban J connectivity index is 2.54. The zero-order valence-electron chi connectivity index (χ0n) is 9.29. The monoisotopic (exact) mass is 191 g/mol. The second-order valence-corrected chi connectivity index (χ2v) is 3.94. The molecular formula is C13H21N. The molecule has 0 bridgehead atoms. The Hall–Kier alpha value is -0.820. The van der Waals surface area contributed by atoms with Gasteiger partial charge in [-0.25, -0.2) is 0 Å². The van der Waals surface area contributed by atoms with Crippen molar-refractivity contribution in [2.45, 2.75) is 45.6 Å². The molecule has 0 saturated heterocycles. The van der Waals surface area contributed by atoms with Crippen molar-refractivity contribution in [1.29, 1.82) is 0 Å². The molecule has 1 aromatic carbocycles. The molecule has 0 spiro atoms. The number of aryl methyl sites for hydroxylation is 1. The molecule has 0 saturated carbocycles. The second kappa shape index (κ2) is 5.82. The molecule has 0 aliphatic heterocycles. The summed E-state index contributed by atoms with van der Waals surface area (Å²) in [6.45, 7) is 4.34. The lowest BCUT2D eigenvalue weighted by Gasteiger charge is -2.08. The molecule has 0 heterocycles. The predicted molar refractivity (Wildman–Crippen MR) is 62.4 cm³/mol. The van der Waals surface area contributed by atoms with Crippen molar-refractivity contribution in [3.05, 3.63) is 35.4 Å². The number of benzene rings is 1. The van der Waals surface area contributed by atoms with Crippen molar-refractivity contribution < 1.29 is 0 Å². The van der Waals surface area contributed by atoms with E-state index in [0.29, 0.717) is 6.04 Å². The van der Waals surface area contributed by atoms with Gasteiger partial charge in [0.2, 0.25) is 0 Å². The summed E-state index contributed by atoms with van der Waals surface area (Å²) >= 11 is 0. The zero-order valence-corrected chi connectivity index (χ0v) is 9.29. The molecule has 1 atom stereocenters. The minimum Gasteiger partial charge on any atom is -0.327 e. The molecule has 1 heteroatoms. The van der Waals surface area contributed by atoms with Crippen LogP contribution in [0, 0.1) is 0 Å². The summed E-state index contributed by atoms with van der Waals surface area (Å²) in [7, 11) is 0. The normalized spacial score (nSPS) is 12.8. The van der Waals surface area contributed by atoms with Crippen LogP contribution >= 0.6 is 0 Å². The Morgan fingerprint density at radius 3 is 2.14 bits per heavy atom. The van der Waals surface area contributed by atoms with Gasteiger partial charge in [0.15, 0.2) is 0 Å². The maximum Gasteiger partial charge on any atom is 0.00766 e. The SMILES string of the molecule is CCCc1ccc(CC(N)CC)cc1. The van der Waals surface area contributed by atoms with E-state index in [2.05, 4.69) is 38.1 Å². The van der Waals surface area contributed by atoms with Crippen LogP contribution in [-0.4, -0.2) is 6.04 Å². The van der Waals surface area contributed by atoms with Crippen molar-refractivity contribution in [2.75, 3.05) is 0 Å². The molecule has 0 fully saturated rings. The maximum absolute atomic E-state index is 5.90. The van der Waals surface area contributed by atoms with Crippen LogP contribution in [-0.2, 0) is 12.8 Å². The molecule has 14 heavy (non-hydrogen) atoms. The number of rotatable bonds is 5. The molecule has 0 radical (unpaired) electrons. The van der Waals surface area contributed by atoms with Crippen molar-refractivity contribution in [3.8, 4) is 0 Å². The lowest BCUT2D eigenvalue weighted by Crippen LogP contribution is -2.21. The smallest absolute Gasteiger partial charge is 0.00766 e. The van der Waals surface area contributed by atoms with E-state index in [9.17, 15) is 0 Å². The fourth-order valence-electron chi connectivity index (χ4n) is 1.58. The summed E-state index contributed by atoms with van der Waals surface area (Å²) in [4.78, 5) is 0. The molecule has 0 amide bonds. The zero-order chi connectivity index (χ0) is 10.4. The summed E-state index contributed by atoms with van der Waals surface area (Å²) in [5, 5.41) is 0. The Morgan fingerprint density at radius 1 is 1.07 bits per heavy atom. The third-order valence-corrected chi connectivity index (χ3v) is 2.58. The summed E-state index contributed by atoms with van der Waals surface area (Å²) in [6.07, 6.45) is 4.45. The highest BCUT2D eigenvalue weighted by Gasteiger charge is 2.00. The van der Waals surface area contributed by atoms with Gasteiger partial charge in [-0.15, -0.1) is 0 Å². The first-order chi connectivity index (χ1) is 6.76. The molecule has 1 unspecified atom stereocenters. The van der Waals surface area contributed by atoms with E-state index in [1.807, 2.05) is 0 Å². The second-order valence-electron chi connectivity index (χ2n) is 3.94. The molecule has 2 N–H and O–H groups in total. The average molecular weight is 191 g/mol. The predicted octanol–water partition coefficient (Wildman–Crippen LogP) is 2.92. The van der Waals surface area contributed by atoms with Gasteiger partial charge in [0.1, 0.15) is 0 Å². The maximum atomic E-state index is 5.90. The average Bonchev–Trinajstić information content (AvgIpc) is 2.21. The summed E-state index contributed by atoms with van der Waals surface area (Å²) in [5.41, 5.74) is 8.69. The van der Waals surface area contributed by atoms with Crippen molar-refractivity contribution >= 4 is 0 Å². The Morgan fingerprint density at radius 2 is 1.64 bits per heavy atom. The minimum atomic E-state index is 0.312. The van der Waals surface area contributed by atoms with Crippen LogP contribution in [0.15, 0.2) is 24.3 Å². The largest absolute Gasteiger partial charge is 0.327 e. The van der Waals surface area contributed by atoms with Gasteiger partial charge < -0.3 is 5.73 Å². The van der Waals surface area contributed by atoms with E-state index in [0.717, 1.165) is 12.8 Å². The number of hydrogen-bond donors (Lipinski definition) is 1. The molecule has 1 rings (SSSR count). The number of hydrogen-bond acceptors (Lipinski definition) is 1. The van der Waals surface area contributed by atoms with E-state index in [4.69, 9.17) is 5.73 Å². The van der Waals surface area contributed by atoms with Gasteiger partial charge in [0.25, 0.3) is 0 Å². The third-order valence-electron chi connectivity index (χ3n) is 2.58. The summed E-state index contributed by atoms with van der Waals surface area (Å²) in [5.74, 6) is 0. The fraction of sp³-hybridized carbons (Fsp3) is 0.538. The molecular weight excluding hydrogens is 170 g/mol. The highest BCUT2D eigenvalue weighted by molar-refractivity contribution is 5.23. The topological polar surface area (TPSA) is 26.0 Å². The fourth-order valence-corrected chi connectivity index (χ4v) is 1.58. The lowest BCUT2D eigenvalue weighted by molar-refractivity contribution is 0.646. The first kappa shape index (κ1) is 11.3. The van der Waals surface area contributed by atoms with E-state index >= 15 is 0 Å². The first-order valence-electron chi connectivity index (χ1n) is 5.59. The van der Waals surface area contributed by atoms with Crippen LogP contribution < -0.4 is 5.73 Å². The van der Waals surface area contributed by atoms with Crippen LogP contribution in [0.4, 0.5) is 0 Å². The third kappa shape index (κ3) is 3.51. The van der Waals surface area contributed by atoms with Crippen LogP contribution in [0.25, 0.3) is 0 Å². The molecule has 1 nitrogen and oxygen atoms in total. The van der Waals surface area contributed by atoms with Crippen molar-refractivity contribution in [1.82, 2.24) is 0 Å². The standard InChI is InChI=1S/C13H21N/c1-3-5-11-6-8-12(9-7-11)10-13(14)4-2/h6-9,13H,3-5,10,14H2,1-2H3. The molecule has 0 aliphatic rings. The van der Waals surface area contributed by atoms with Crippen LogP contribution in [0.3, 0.4) is 0 Å². The van der Waals surface area contributed by atoms with Gasteiger partial charge in [-0.1, -0.05) is 44.5 Å². The van der Waals surface area contributed by atoms with Crippen LogP contribution in [0.5, 0.6) is 0 Å². The van der Waals surface area contributed by atoms with E-state index in [1.54, 1.807) is 0 Å². The van der Waals surface area contributed by atoms with Gasteiger partial charge in [-0.2, -0.15) is 0 Å². The summed E-state index contributed by atoms with van der Waals surface area (Å²) < 4.78 is 0. The minimum absolute atomic E-state index is 0.312. The Labute approximate surface area is 87.3 Å². The number of nitrogens with two attached hydrogens (primary N) is 1. The highest BCUT2D eigenvalue weighted by atomic mass is 14.6. The highest BCUT2D eigenvalue weighted by Crippen LogP contribution is 2.08. The van der Waals surface area contributed by atoms with Crippen molar-refractivity contribution in [3.63, 3.8) is 0 Å². The molecule has 78 valence electrons. The van der Waals surface area contributed by atoms with Crippen molar-refractivity contribution in [2.24, 2.45) is 5.73 Å². The lowest BCUT2D eigenvalue weighted by atomic mass is 10.0. The van der Waals surface area contributed by atoms with E-state index in [-0.39, 0.29) is 0 Å². The van der Waals surface area contributed by atoms with Crippen LogP contribution in [0.2, 0.25) is 0 Å². The van der Waals surface area contributed by atoms with Gasteiger partial charge in [-0.05, 0) is 30.4 Å². The van der Waals surface area contributed by atoms with Gasteiger partial charge >= 0.3 is 0 Å². The Kier molecular flexibility index (Phi) is 4.68. The summed E-state index contributed by atoms with van der Waals surface area (Å²) in [6, 6.07) is 9.18. The quantitative estimate of drug-likeness (QED) is 0.761. The Bertz CT molecular complexity index is 250.